The van der Waals surface area contributed by atoms with E-state index >= 15 is 0 Å². The Bertz CT molecular complexity index is 408. The van der Waals surface area contributed by atoms with Crippen LogP contribution in [0, 0.1) is 6.92 Å². The summed E-state index contributed by atoms with van der Waals surface area (Å²) in [6.07, 6.45) is 5.53. The number of allylic oxidation sites excluding steroid dienone is 2. The van der Waals surface area contributed by atoms with Crippen molar-refractivity contribution in [1.82, 2.24) is 5.01 Å². The van der Waals surface area contributed by atoms with Crippen LogP contribution in [0.3, 0.4) is 0 Å². The SMILES string of the molecule is CCC/C=C(/C)N(N)Cc1cc(CC)ccc1C. The van der Waals surface area contributed by atoms with Gasteiger partial charge in [-0.3, -0.25) is 0 Å². The maximum Gasteiger partial charge on any atom is 0.0591 e. The average molecular weight is 246 g/mol. The van der Waals surface area contributed by atoms with E-state index in [9.17, 15) is 0 Å². The Hall–Kier alpha value is -1.28. The van der Waals surface area contributed by atoms with E-state index in [0.717, 1.165) is 31.5 Å². The van der Waals surface area contributed by atoms with Gasteiger partial charge in [0.25, 0.3) is 0 Å². The molecule has 18 heavy (non-hydrogen) atoms. The Labute approximate surface area is 111 Å². The molecule has 0 aliphatic carbocycles. The molecule has 0 atom stereocenters. The van der Waals surface area contributed by atoms with E-state index in [2.05, 4.69) is 52.0 Å². The molecule has 1 aromatic rings. The standard InChI is InChI=1S/C16H26N2/c1-5-7-8-14(4)18(17)12-16-11-15(6-2)10-9-13(16)3/h8-11H,5-7,12,17H2,1-4H3/b14-8-. The molecule has 0 spiro atoms. The zero-order valence-electron chi connectivity index (χ0n) is 12.2. The van der Waals surface area contributed by atoms with Gasteiger partial charge in [0.1, 0.15) is 0 Å². The first-order valence-electron chi connectivity index (χ1n) is 6.85. The second-order valence-corrected chi connectivity index (χ2v) is 4.88. The Morgan fingerprint density at radius 3 is 2.67 bits per heavy atom. The van der Waals surface area contributed by atoms with Crippen molar-refractivity contribution in [3.8, 4) is 0 Å². The predicted octanol–water partition coefficient (Wildman–Crippen LogP) is 3.94. The number of hydrogen-bond donors (Lipinski definition) is 1. The summed E-state index contributed by atoms with van der Waals surface area (Å²) in [4.78, 5) is 0. The van der Waals surface area contributed by atoms with Crippen LogP contribution in [0.15, 0.2) is 30.0 Å². The molecule has 100 valence electrons. The minimum Gasteiger partial charge on any atom is -0.311 e. The van der Waals surface area contributed by atoms with Crippen LogP contribution in [0.25, 0.3) is 0 Å². The van der Waals surface area contributed by atoms with Crippen LogP contribution in [0.1, 0.15) is 50.3 Å². The fourth-order valence-electron chi connectivity index (χ4n) is 1.89. The monoisotopic (exact) mass is 246 g/mol. The number of nitrogens with two attached hydrogens (primary N) is 1. The van der Waals surface area contributed by atoms with Gasteiger partial charge in [0, 0.05) is 5.70 Å². The van der Waals surface area contributed by atoms with Crippen molar-refractivity contribution >= 4 is 0 Å². The summed E-state index contributed by atoms with van der Waals surface area (Å²) in [5, 5.41) is 1.84. The average Bonchev–Trinajstić information content (AvgIpc) is 2.38. The first-order valence-corrected chi connectivity index (χ1v) is 6.85. The Kier molecular flexibility index (Phi) is 5.93. The molecule has 0 amide bonds. The Morgan fingerprint density at radius 2 is 2.06 bits per heavy atom. The molecule has 0 aromatic heterocycles. The summed E-state index contributed by atoms with van der Waals surface area (Å²) in [6.45, 7) is 9.37. The second kappa shape index (κ2) is 7.22. The molecule has 2 N–H and O–H groups in total. The molecular formula is C16H26N2. The van der Waals surface area contributed by atoms with Crippen molar-refractivity contribution in [1.29, 1.82) is 0 Å². The Balaban J connectivity index is 2.77. The molecule has 0 saturated heterocycles. The normalized spacial score (nSPS) is 11.7. The van der Waals surface area contributed by atoms with Gasteiger partial charge in [-0.15, -0.1) is 0 Å². The van der Waals surface area contributed by atoms with Crippen LogP contribution in [-0.4, -0.2) is 5.01 Å². The molecular weight excluding hydrogens is 220 g/mol. The van der Waals surface area contributed by atoms with Gasteiger partial charge < -0.3 is 5.01 Å². The van der Waals surface area contributed by atoms with Crippen LogP contribution in [-0.2, 0) is 13.0 Å². The highest BCUT2D eigenvalue weighted by molar-refractivity contribution is 5.31. The molecule has 0 heterocycles. The second-order valence-electron chi connectivity index (χ2n) is 4.88. The van der Waals surface area contributed by atoms with Gasteiger partial charge in [0.05, 0.1) is 6.54 Å². The van der Waals surface area contributed by atoms with Gasteiger partial charge in [-0.05, 0) is 43.4 Å². The smallest absolute Gasteiger partial charge is 0.0591 e. The molecule has 0 fully saturated rings. The zero-order chi connectivity index (χ0) is 13.5. The van der Waals surface area contributed by atoms with Crippen molar-refractivity contribution in [2.45, 2.75) is 53.5 Å². The lowest BCUT2D eigenvalue weighted by Crippen LogP contribution is -2.28. The summed E-state index contributed by atoms with van der Waals surface area (Å²) >= 11 is 0. The number of benzene rings is 1. The van der Waals surface area contributed by atoms with Crippen LogP contribution in [0.4, 0.5) is 0 Å². The number of nitrogens with zero attached hydrogens (tertiary/aromatic N) is 1. The molecule has 2 heteroatoms. The van der Waals surface area contributed by atoms with E-state index in [1.165, 1.54) is 16.7 Å². The number of rotatable bonds is 6. The number of aryl methyl sites for hydroxylation is 2. The number of hydrazine groups is 1. The predicted molar refractivity (Wildman–Crippen MR) is 79.0 cm³/mol. The van der Waals surface area contributed by atoms with Crippen molar-refractivity contribution in [2.24, 2.45) is 5.84 Å². The third kappa shape index (κ3) is 4.19. The first-order chi connectivity index (χ1) is 8.58. The Morgan fingerprint density at radius 1 is 1.33 bits per heavy atom. The van der Waals surface area contributed by atoms with Gasteiger partial charge in [0.15, 0.2) is 0 Å². The van der Waals surface area contributed by atoms with Crippen molar-refractivity contribution in [3.63, 3.8) is 0 Å². The minimum atomic E-state index is 0.783. The summed E-state index contributed by atoms with van der Waals surface area (Å²) in [6, 6.07) is 6.65. The molecule has 0 saturated carbocycles. The lowest BCUT2D eigenvalue weighted by Gasteiger charge is -2.21. The first kappa shape index (κ1) is 14.8. The minimum absolute atomic E-state index is 0.783. The van der Waals surface area contributed by atoms with E-state index in [1.807, 2.05) is 5.01 Å². The number of unbranched alkanes of at least 4 members (excludes halogenated alkanes) is 1. The lowest BCUT2D eigenvalue weighted by atomic mass is 10.0. The molecule has 1 aromatic carbocycles. The molecule has 0 aliphatic rings. The van der Waals surface area contributed by atoms with E-state index in [4.69, 9.17) is 5.84 Å². The zero-order valence-corrected chi connectivity index (χ0v) is 12.2. The highest BCUT2D eigenvalue weighted by atomic mass is 15.4. The summed E-state index contributed by atoms with van der Waals surface area (Å²) in [5.74, 6) is 6.12. The number of hydrogen-bond acceptors (Lipinski definition) is 2. The van der Waals surface area contributed by atoms with Gasteiger partial charge in [-0.1, -0.05) is 44.5 Å². The summed E-state index contributed by atoms with van der Waals surface area (Å²) < 4.78 is 0. The third-order valence-corrected chi connectivity index (χ3v) is 3.34. The van der Waals surface area contributed by atoms with Gasteiger partial charge >= 0.3 is 0 Å². The van der Waals surface area contributed by atoms with Crippen LogP contribution >= 0.6 is 0 Å². The molecule has 0 radical (unpaired) electrons. The topological polar surface area (TPSA) is 29.3 Å². The van der Waals surface area contributed by atoms with Crippen molar-refractivity contribution in [2.75, 3.05) is 0 Å². The highest BCUT2D eigenvalue weighted by Crippen LogP contribution is 2.15. The van der Waals surface area contributed by atoms with E-state index in [-0.39, 0.29) is 0 Å². The molecule has 2 nitrogen and oxygen atoms in total. The molecule has 0 aliphatic heterocycles. The quantitative estimate of drug-likeness (QED) is 0.608. The van der Waals surface area contributed by atoms with Crippen LogP contribution < -0.4 is 5.84 Å². The summed E-state index contributed by atoms with van der Waals surface area (Å²) in [5.41, 5.74) is 5.16. The summed E-state index contributed by atoms with van der Waals surface area (Å²) in [7, 11) is 0. The fraction of sp³-hybridized carbons (Fsp3) is 0.500. The van der Waals surface area contributed by atoms with Crippen LogP contribution in [0.5, 0.6) is 0 Å². The van der Waals surface area contributed by atoms with Gasteiger partial charge in [-0.2, -0.15) is 0 Å². The van der Waals surface area contributed by atoms with Crippen molar-refractivity contribution in [3.05, 3.63) is 46.7 Å². The van der Waals surface area contributed by atoms with E-state index < -0.39 is 0 Å². The lowest BCUT2D eigenvalue weighted by molar-refractivity contribution is 0.350. The van der Waals surface area contributed by atoms with E-state index in [1.54, 1.807) is 0 Å². The molecule has 0 bridgehead atoms. The highest BCUT2D eigenvalue weighted by Gasteiger charge is 2.05. The van der Waals surface area contributed by atoms with Gasteiger partial charge in [0.2, 0.25) is 0 Å². The maximum atomic E-state index is 6.12. The third-order valence-electron chi connectivity index (χ3n) is 3.34. The van der Waals surface area contributed by atoms with E-state index in [0.29, 0.717) is 0 Å². The van der Waals surface area contributed by atoms with Crippen molar-refractivity contribution < 1.29 is 0 Å². The fourth-order valence-corrected chi connectivity index (χ4v) is 1.89. The van der Waals surface area contributed by atoms with Crippen LogP contribution in [0.2, 0.25) is 0 Å². The van der Waals surface area contributed by atoms with Gasteiger partial charge in [-0.25, -0.2) is 5.84 Å². The maximum absolute atomic E-state index is 6.12. The molecule has 0 unspecified atom stereocenters. The largest absolute Gasteiger partial charge is 0.311 e. The molecule has 1 rings (SSSR count).